The second-order valence-electron chi connectivity index (χ2n) is 6.34. The number of hydrogen-bond donors (Lipinski definition) is 0. The summed E-state index contributed by atoms with van der Waals surface area (Å²) in [5, 5.41) is -0.332. The number of ether oxygens (including phenoxy) is 1. The fourth-order valence-corrected chi connectivity index (χ4v) is 5.20. The predicted molar refractivity (Wildman–Crippen MR) is 97.6 cm³/mol. The Morgan fingerprint density at radius 3 is 2.48 bits per heavy atom. The van der Waals surface area contributed by atoms with Crippen molar-refractivity contribution >= 4 is 9.84 Å². The number of para-hydroxylation sites is 1. The van der Waals surface area contributed by atoms with Crippen LogP contribution in [0.2, 0.25) is 0 Å². The first-order valence-corrected chi connectivity index (χ1v) is 10.1. The molecule has 1 aromatic heterocycles. The summed E-state index contributed by atoms with van der Waals surface area (Å²) in [7, 11) is -1.85. The third kappa shape index (κ3) is 4.19. The number of rotatable bonds is 6. The van der Waals surface area contributed by atoms with Gasteiger partial charge in [-0.05, 0) is 62.2 Å². The van der Waals surface area contributed by atoms with E-state index in [1.54, 1.807) is 36.7 Å². The number of piperidine rings is 1. The van der Waals surface area contributed by atoms with Crippen molar-refractivity contribution in [2.75, 3.05) is 26.7 Å². The highest BCUT2D eigenvalue weighted by Gasteiger charge is 2.32. The predicted octanol–water partition coefficient (Wildman–Crippen LogP) is 2.57. The zero-order valence-electron chi connectivity index (χ0n) is 14.5. The van der Waals surface area contributed by atoms with Crippen molar-refractivity contribution < 1.29 is 13.2 Å². The molecule has 0 radical (unpaired) electrons. The molecule has 1 aliphatic rings. The smallest absolute Gasteiger partial charge is 0.184 e. The molecule has 1 fully saturated rings. The van der Waals surface area contributed by atoms with E-state index in [9.17, 15) is 8.42 Å². The quantitative estimate of drug-likeness (QED) is 0.792. The van der Waals surface area contributed by atoms with Crippen molar-refractivity contribution in [1.82, 2.24) is 9.88 Å². The average molecular weight is 360 g/mol. The highest BCUT2D eigenvalue weighted by Crippen LogP contribution is 2.30. The van der Waals surface area contributed by atoms with Crippen LogP contribution in [0.15, 0.2) is 53.7 Å². The molecule has 2 aromatic rings. The summed E-state index contributed by atoms with van der Waals surface area (Å²) in [4.78, 5) is 6.68. The molecule has 134 valence electrons. The number of nitrogens with zero attached hydrogens (tertiary/aromatic N) is 2. The van der Waals surface area contributed by atoms with E-state index < -0.39 is 9.84 Å². The van der Waals surface area contributed by atoms with E-state index in [1.807, 2.05) is 12.1 Å². The van der Waals surface area contributed by atoms with E-state index in [0.29, 0.717) is 23.5 Å². The highest BCUT2D eigenvalue weighted by molar-refractivity contribution is 7.92. The molecule has 0 N–H and O–H groups in total. The van der Waals surface area contributed by atoms with Gasteiger partial charge in [0.05, 0.1) is 12.4 Å². The Morgan fingerprint density at radius 1 is 1.12 bits per heavy atom. The fraction of sp³-hybridized carbons (Fsp3) is 0.421. The zero-order valence-corrected chi connectivity index (χ0v) is 15.3. The number of benzene rings is 1. The third-order valence-electron chi connectivity index (χ3n) is 4.82. The van der Waals surface area contributed by atoms with Gasteiger partial charge in [-0.15, -0.1) is 0 Å². The molecular formula is C19H24N2O3S. The molecule has 0 bridgehead atoms. The van der Waals surface area contributed by atoms with Crippen LogP contribution in [-0.4, -0.2) is 50.3 Å². The SMILES string of the molecule is COc1ccccc1S(=O)(=O)C1CCN(CCc2ccncc2)CC1. The second-order valence-corrected chi connectivity index (χ2v) is 8.54. The van der Waals surface area contributed by atoms with Gasteiger partial charge in [-0.25, -0.2) is 8.42 Å². The first-order chi connectivity index (χ1) is 12.1. The molecule has 0 amide bonds. The third-order valence-corrected chi connectivity index (χ3v) is 7.11. The Morgan fingerprint density at radius 2 is 1.80 bits per heavy atom. The van der Waals surface area contributed by atoms with Crippen LogP contribution in [0.4, 0.5) is 0 Å². The Hall–Kier alpha value is -1.92. The lowest BCUT2D eigenvalue weighted by molar-refractivity contribution is 0.232. The zero-order chi connectivity index (χ0) is 17.7. The van der Waals surface area contributed by atoms with Gasteiger partial charge in [0.2, 0.25) is 0 Å². The molecule has 3 rings (SSSR count). The lowest BCUT2D eigenvalue weighted by atomic mass is 10.1. The summed E-state index contributed by atoms with van der Waals surface area (Å²) < 4.78 is 31.1. The van der Waals surface area contributed by atoms with Gasteiger partial charge in [0.15, 0.2) is 9.84 Å². The van der Waals surface area contributed by atoms with Crippen LogP contribution >= 0.6 is 0 Å². The second kappa shape index (κ2) is 7.97. The van der Waals surface area contributed by atoms with Gasteiger partial charge in [-0.2, -0.15) is 0 Å². The van der Waals surface area contributed by atoms with Crippen LogP contribution in [0.5, 0.6) is 5.75 Å². The average Bonchev–Trinajstić information content (AvgIpc) is 2.67. The maximum Gasteiger partial charge on any atom is 0.184 e. The van der Waals surface area contributed by atoms with Crippen molar-refractivity contribution in [1.29, 1.82) is 0 Å². The maximum atomic E-state index is 12.9. The summed E-state index contributed by atoms with van der Waals surface area (Å²) in [6.07, 6.45) is 5.91. The van der Waals surface area contributed by atoms with E-state index >= 15 is 0 Å². The number of aromatic nitrogens is 1. The Bertz CT molecular complexity index is 785. The van der Waals surface area contributed by atoms with Crippen molar-refractivity contribution in [3.8, 4) is 5.75 Å². The molecule has 2 heterocycles. The molecule has 6 heteroatoms. The summed E-state index contributed by atoms with van der Waals surface area (Å²) in [5.74, 6) is 0.433. The summed E-state index contributed by atoms with van der Waals surface area (Å²) in [6, 6.07) is 10.9. The summed E-state index contributed by atoms with van der Waals surface area (Å²) >= 11 is 0. The molecule has 1 saturated heterocycles. The Kier molecular flexibility index (Phi) is 5.71. The van der Waals surface area contributed by atoms with Gasteiger partial charge in [0, 0.05) is 18.9 Å². The molecule has 0 unspecified atom stereocenters. The van der Waals surface area contributed by atoms with Crippen LogP contribution in [0.3, 0.4) is 0 Å². The first-order valence-electron chi connectivity index (χ1n) is 8.59. The summed E-state index contributed by atoms with van der Waals surface area (Å²) in [6.45, 7) is 2.57. The molecular weight excluding hydrogens is 336 g/mol. The van der Waals surface area contributed by atoms with Gasteiger partial charge in [-0.1, -0.05) is 12.1 Å². The molecule has 0 atom stereocenters. The lowest BCUT2D eigenvalue weighted by Gasteiger charge is -2.31. The largest absolute Gasteiger partial charge is 0.495 e. The number of likely N-dealkylation sites (tertiary alicyclic amines) is 1. The minimum absolute atomic E-state index is 0.313. The summed E-state index contributed by atoms with van der Waals surface area (Å²) in [5.41, 5.74) is 1.26. The number of methoxy groups -OCH3 is 1. The fourth-order valence-electron chi connectivity index (χ4n) is 3.31. The number of sulfone groups is 1. The molecule has 0 saturated carbocycles. The number of hydrogen-bond acceptors (Lipinski definition) is 5. The van der Waals surface area contributed by atoms with Crippen LogP contribution in [-0.2, 0) is 16.3 Å². The van der Waals surface area contributed by atoms with Gasteiger partial charge in [-0.3, -0.25) is 4.98 Å². The first kappa shape index (κ1) is 17.9. The van der Waals surface area contributed by atoms with Gasteiger partial charge < -0.3 is 9.64 Å². The van der Waals surface area contributed by atoms with Crippen molar-refractivity contribution in [2.24, 2.45) is 0 Å². The van der Waals surface area contributed by atoms with Gasteiger partial charge in [0.25, 0.3) is 0 Å². The van der Waals surface area contributed by atoms with Crippen LogP contribution in [0, 0.1) is 0 Å². The van der Waals surface area contributed by atoms with Crippen molar-refractivity contribution in [3.05, 3.63) is 54.4 Å². The molecule has 1 aliphatic heterocycles. The van der Waals surface area contributed by atoms with Gasteiger partial charge >= 0.3 is 0 Å². The lowest BCUT2D eigenvalue weighted by Crippen LogP contribution is -2.40. The molecule has 0 aliphatic carbocycles. The molecule has 0 spiro atoms. The van der Waals surface area contributed by atoms with Crippen LogP contribution in [0.25, 0.3) is 0 Å². The monoisotopic (exact) mass is 360 g/mol. The molecule has 5 nitrogen and oxygen atoms in total. The molecule has 25 heavy (non-hydrogen) atoms. The van der Waals surface area contributed by atoms with Crippen molar-refractivity contribution in [3.63, 3.8) is 0 Å². The minimum atomic E-state index is -3.36. The van der Waals surface area contributed by atoms with E-state index in [-0.39, 0.29) is 5.25 Å². The van der Waals surface area contributed by atoms with E-state index in [0.717, 1.165) is 26.1 Å². The van der Waals surface area contributed by atoms with E-state index in [4.69, 9.17) is 4.74 Å². The Balaban J connectivity index is 1.60. The topological polar surface area (TPSA) is 59.5 Å². The maximum absolute atomic E-state index is 12.9. The number of pyridine rings is 1. The molecule has 1 aromatic carbocycles. The Labute approximate surface area is 149 Å². The minimum Gasteiger partial charge on any atom is -0.495 e. The van der Waals surface area contributed by atoms with E-state index in [2.05, 4.69) is 9.88 Å². The standard InChI is InChI=1S/C19H24N2O3S/c1-24-18-4-2-3-5-19(18)25(22,23)17-9-14-21(15-10-17)13-8-16-6-11-20-12-7-16/h2-7,11-12,17H,8-10,13-15H2,1H3. The normalized spacial score (nSPS) is 16.7. The van der Waals surface area contributed by atoms with Crippen LogP contribution < -0.4 is 4.74 Å². The van der Waals surface area contributed by atoms with E-state index in [1.165, 1.54) is 12.7 Å². The van der Waals surface area contributed by atoms with Gasteiger partial charge in [0.1, 0.15) is 10.6 Å². The van der Waals surface area contributed by atoms with Crippen molar-refractivity contribution in [2.45, 2.75) is 29.4 Å². The van der Waals surface area contributed by atoms with Crippen LogP contribution in [0.1, 0.15) is 18.4 Å². The highest BCUT2D eigenvalue weighted by atomic mass is 32.2.